The molecule has 0 radical (unpaired) electrons. The van der Waals surface area contributed by atoms with E-state index >= 15 is 0 Å². The summed E-state index contributed by atoms with van der Waals surface area (Å²) in [6.07, 6.45) is -0.500. The lowest BCUT2D eigenvalue weighted by Gasteiger charge is -2.16. The zero-order chi connectivity index (χ0) is 16.7. The van der Waals surface area contributed by atoms with Gasteiger partial charge in [-0.2, -0.15) is 0 Å². The van der Waals surface area contributed by atoms with Crippen molar-refractivity contribution in [2.24, 2.45) is 0 Å². The lowest BCUT2D eigenvalue weighted by molar-refractivity contribution is -0.127. The molecule has 4 heteroatoms. The molecule has 1 amide bonds. The molecule has 0 fully saturated rings. The summed E-state index contributed by atoms with van der Waals surface area (Å²) in [6.45, 7) is 6.44. The quantitative estimate of drug-likeness (QED) is 0.617. The van der Waals surface area contributed by atoms with E-state index in [1.807, 2.05) is 31.2 Å². The first kappa shape index (κ1) is 17.4. The van der Waals surface area contributed by atoms with E-state index in [-0.39, 0.29) is 5.91 Å². The van der Waals surface area contributed by atoms with E-state index in [1.165, 1.54) is 10.5 Å². The Labute approximate surface area is 142 Å². The fraction of sp³-hybridized carbons (Fsp3) is 0.316. The van der Waals surface area contributed by atoms with E-state index in [2.05, 4.69) is 36.5 Å². The topological polar surface area (TPSA) is 38.3 Å². The van der Waals surface area contributed by atoms with Gasteiger partial charge in [0, 0.05) is 17.2 Å². The molecule has 1 atom stereocenters. The third-order valence-corrected chi connectivity index (χ3v) is 4.47. The van der Waals surface area contributed by atoms with E-state index in [1.54, 1.807) is 18.7 Å². The number of hydrogen-bond donors (Lipinski definition) is 1. The minimum absolute atomic E-state index is 0.0854. The van der Waals surface area contributed by atoms with Crippen LogP contribution < -0.4 is 10.1 Å². The Morgan fingerprint density at radius 3 is 2.52 bits per heavy atom. The number of carbonyl (C=O) groups excluding carboxylic acids is 1. The minimum Gasteiger partial charge on any atom is -0.481 e. The highest BCUT2D eigenvalue weighted by Gasteiger charge is 2.14. The van der Waals surface area contributed by atoms with Crippen molar-refractivity contribution in [3.05, 3.63) is 59.7 Å². The number of rotatable bonds is 7. The van der Waals surface area contributed by atoms with Gasteiger partial charge in [-0.15, -0.1) is 11.8 Å². The Bertz CT molecular complexity index is 640. The van der Waals surface area contributed by atoms with E-state index in [4.69, 9.17) is 4.74 Å². The van der Waals surface area contributed by atoms with Gasteiger partial charge in [-0.25, -0.2) is 0 Å². The number of carbonyl (C=O) groups is 1. The van der Waals surface area contributed by atoms with Gasteiger partial charge in [0.15, 0.2) is 6.10 Å². The Morgan fingerprint density at radius 1 is 1.13 bits per heavy atom. The third kappa shape index (κ3) is 5.64. The van der Waals surface area contributed by atoms with Gasteiger partial charge in [-0.3, -0.25) is 4.79 Å². The van der Waals surface area contributed by atoms with Crippen LogP contribution in [0.5, 0.6) is 5.75 Å². The third-order valence-electron chi connectivity index (χ3n) is 3.46. The van der Waals surface area contributed by atoms with Crippen LogP contribution in [-0.4, -0.2) is 24.3 Å². The number of aryl methyl sites for hydroxylation is 2. The number of benzene rings is 2. The average Bonchev–Trinajstić information content (AvgIpc) is 2.55. The molecule has 3 nitrogen and oxygen atoms in total. The van der Waals surface area contributed by atoms with Crippen molar-refractivity contribution in [3.63, 3.8) is 0 Å². The zero-order valence-corrected chi connectivity index (χ0v) is 14.7. The van der Waals surface area contributed by atoms with Gasteiger partial charge in [0.1, 0.15) is 5.75 Å². The van der Waals surface area contributed by atoms with Crippen LogP contribution in [0.25, 0.3) is 0 Å². The second-order valence-corrected chi connectivity index (χ2v) is 6.65. The largest absolute Gasteiger partial charge is 0.481 e. The van der Waals surface area contributed by atoms with Crippen LogP contribution in [-0.2, 0) is 4.79 Å². The molecule has 0 saturated heterocycles. The number of nitrogens with one attached hydrogen (secondary N) is 1. The zero-order valence-electron chi connectivity index (χ0n) is 13.8. The van der Waals surface area contributed by atoms with Crippen molar-refractivity contribution in [3.8, 4) is 5.75 Å². The van der Waals surface area contributed by atoms with Crippen molar-refractivity contribution >= 4 is 17.7 Å². The predicted octanol–water partition coefficient (Wildman–Crippen LogP) is 3.98. The van der Waals surface area contributed by atoms with Crippen LogP contribution >= 0.6 is 11.8 Å². The number of amides is 1. The standard InChI is InChI=1S/C19H23NO2S/c1-14-8-10-17(11-9-14)23-13-12-20-19(21)16(3)22-18-7-5-4-6-15(18)2/h4-11,16H,12-13H2,1-3H3,(H,20,21). The highest BCUT2D eigenvalue weighted by molar-refractivity contribution is 7.99. The smallest absolute Gasteiger partial charge is 0.260 e. The molecular formula is C19H23NO2S. The van der Waals surface area contributed by atoms with E-state index in [9.17, 15) is 4.79 Å². The molecule has 0 bridgehead atoms. The van der Waals surface area contributed by atoms with E-state index in [0.29, 0.717) is 6.54 Å². The summed E-state index contributed by atoms with van der Waals surface area (Å²) in [7, 11) is 0. The second-order valence-electron chi connectivity index (χ2n) is 5.48. The van der Waals surface area contributed by atoms with Crippen molar-refractivity contribution in [2.75, 3.05) is 12.3 Å². The van der Waals surface area contributed by atoms with Crippen LogP contribution in [0.1, 0.15) is 18.1 Å². The maximum Gasteiger partial charge on any atom is 0.260 e. The molecule has 0 aliphatic rings. The molecule has 0 aliphatic heterocycles. The predicted molar refractivity (Wildman–Crippen MR) is 96.2 cm³/mol. The Balaban J connectivity index is 1.72. The van der Waals surface area contributed by atoms with Crippen LogP contribution in [0.2, 0.25) is 0 Å². The lowest BCUT2D eigenvalue weighted by atomic mass is 10.2. The first-order valence-electron chi connectivity index (χ1n) is 7.76. The SMILES string of the molecule is Cc1ccc(SCCNC(=O)C(C)Oc2ccccc2C)cc1. The average molecular weight is 329 g/mol. The van der Waals surface area contributed by atoms with Gasteiger partial charge in [0.2, 0.25) is 0 Å². The molecular weight excluding hydrogens is 306 g/mol. The molecule has 2 aromatic carbocycles. The van der Waals surface area contributed by atoms with Gasteiger partial charge in [-0.1, -0.05) is 35.9 Å². The summed E-state index contributed by atoms with van der Waals surface area (Å²) in [5.41, 5.74) is 2.28. The molecule has 1 N–H and O–H groups in total. The Morgan fingerprint density at radius 2 is 1.83 bits per heavy atom. The van der Waals surface area contributed by atoms with Crippen molar-refractivity contribution in [2.45, 2.75) is 31.8 Å². The number of thioether (sulfide) groups is 1. The minimum atomic E-state index is -0.500. The molecule has 2 rings (SSSR count). The number of hydrogen-bond acceptors (Lipinski definition) is 3. The number of para-hydroxylation sites is 1. The Hall–Kier alpha value is -1.94. The fourth-order valence-corrected chi connectivity index (χ4v) is 2.82. The van der Waals surface area contributed by atoms with E-state index in [0.717, 1.165) is 17.1 Å². The molecule has 0 saturated carbocycles. The summed E-state index contributed by atoms with van der Waals surface area (Å²) < 4.78 is 5.72. The monoisotopic (exact) mass is 329 g/mol. The maximum absolute atomic E-state index is 12.1. The first-order chi connectivity index (χ1) is 11.1. The van der Waals surface area contributed by atoms with Gasteiger partial charge in [0.25, 0.3) is 5.91 Å². The summed E-state index contributed by atoms with van der Waals surface area (Å²) in [6, 6.07) is 16.1. The highest BCUT2D eigenvalue weighted by atomic mass is 32.2. The normalized spacial score (nSPS) is 11.8. The van der Waals surface area contributed by atoms with Crippen molar-refractivity contribution in [1.82, 2.24) is 5.32 Å². The number of ether oxygens (including phenoxy) is 1. The molecule has 2 aromatic rings. The van der Waals surface area contributed by atoms with Crippen molar-refractivity contribution < 1.29 is 9.53 Å². The fourth-order valence-electron chi connectivity index (χ4n) is 2.05. The Kier molecular flexibility index (Phi) is 6.53. The van der Waals surface area contributed by atoms with Crippen LogP contribution in [0.15, 0.2) is 53.4 Å². The van der Waals surface area contributed by atoms with Crippen LogP contribution in [0.3, 0.4) is 0 Å². The van der Waals surface area contributed by atoms with Gasteiger partial charge in [0.05, 0.1) is 0 Å². The van der Waals surface area contributed by atoms with Gasteiger partial charge >= 0.3 is 0 Å². The maximum atomic E-state index is 12.1. The van der Waals surface area contributed by atoms with E-state index < -0.39 is 6.10 Å². The second kappa shape index (κ2) is 8.63. The summed E-state index contributed by atoms with van der Waals surface area (Å²) in [5.74, 6) is 1.51. The lowest BCUT2D eigenvalue weighted by Crippen LogP contribution is -2.37. The van der Waals surface area contributed by atoms with Crippen LogP contribution in [0.4, 0.5) is 0 Å². The summed E-state index contributed by atoms with van der Waals surface area (Å²) >= 11 is 1.73. The molecule has 122 valence electrons. The molecule has 0 spiro atoms. The molecule has 23 heavy (non-hydrogen) atoms. The highest BCUT2D eigenvalue weighted by Crippen LogP contribution is 2.18. The molecule has 0 aromatic heterocycles. The van der Waals surface area contributed by atoms with Gasteiger partial charge < -0.3 is 10.1 Å². The van der Waals surface area contributed by atoms with Crippen LogP contribution in [0, 0.1) is 13.8 Å². The summed E-state index contributed by atoms with van der Waals surface area (Å²) in [5, 5.41) is 2.92. The van der Waals surface area contributed by atoms with Gasteiger partial charge in [-0.05, 0) is 44.5 Å². The first-order valence-corrected chi connectivity index (χ1v) is 8.74. The molecule has 0 aliphatic carbocycles. The molecule has 0 heterocycles. The summed E-state index contributed by atoms with van der Waals surface area (Å²) in [4.78, 5) is 13.3. The van der Waals surface area contributed by atoms with Crippen molar-refractivity contribution in [1.29, 1.82) is 0 Å². The molecule has 1 unspecified atom stereocenters.